The van der Waals surface area contributed by atoms with Crippen molar-refractivity contribution in [1.29, 1.82) is 0 Å². The third-order valence-corrected chi connectivity index (χ3v) is 3.17. The van der Waals surface area contributed by atoms with Crippen LogP contribution in [0.1, 0.15) is 30.8 Å². The Morgan fingerprint density at radius 2 is 2.28 bits per heavy atom. The predicted octanol–water partition coefficient (Wildman–Crippen LogP) is 2.11. The Labute approximate surface area is 114 Å². The first kappa shape index (κ1) is 15.1. The molecule has 18 heavy (non-hydrogen) atoms. The highest BCUT2D eigenvalue weighted by molar-refractivity contribution is 5.85. The Kier molecular flexibility index (Phi) is 5.69. The van der Waals surface area contributed by atoms with Crippen LogP contribution in [0.25, 0.3) is 0 Å². The molecule has 0 aliphatic carbocycles. The monoisotopic (exact) mass is 272 g/mol. The molecule has 2 heterocycles. The Morgan fingerprint density at radius 1 is 1.50 bits per heavy atom. The summed E-state index contributed by atoms with van der Waals surface area (Å²) >= 11 is 0. The molecule has 1 aromatic heterocycles. The van der Waals surface area contributed by atoms with Crippen molar-refractivity contribution >= 4 is 18.3 Å². The summed E-state index contributed by atoms with van der Waals surface area (Å²) in [6.45, 7) is 3.41. The van der Waals surface area contributed by atoms with Crippen LogP contribution in [-0.4, -0.2) is 30.4 Å². The van der Waals surface area contributed by atoms with Gasteiger partial charge in [0.15, 0.2) is 0 Å². The SMILES string of the molecule is Cc1ccc(CN(C)C(=O)[C@@H]2CCCCN2)o1.Cl. The van der Waals surface area contributed by atoms with Gasteiger partial charge in [0.25, 0.3) is 0 Å². The number of carbonyl (C=O) groups excluding carboxylic acids is 1. The molecule has 5 heteroatoms. The molecule has 2 rings (SSSR count). The van der Waals surface area contributed by atoms with Gasteiger partial charge in [-0.1, -0.05) is 6.42 Å². The number of hydrogen-bond acceptors (Lipinski definition) is 3. The lowest BCUT2D eigenvalue weighted by atomic mass is 10.0. The van der Waals surface area contributed by atoms with E-state index in [0.717, 1.165) is 30.9 Å². The number of rotatable bonds is 3. The molecule has 4 nitrogen and oxygen atoms in total. The number of halogens is 1. The van der Waals surface area contributed by atoms with E-state index in [2.05, 4.69) is 5.32 Å². The highest BCUT2D eigenvalue weighted by Gasteiger charge is 2.23. The Bertz CT molecular complexity index is 386. The first-order chi connectivity index (χ1) is 8.16. The van der Waals surface area contributed by atoms with Crippen LogP contribution in [-0.2, 0) is 11.3 Å². The van der Waals surface area contributed by atoms with Crippen molar-refractivity contribution in [2.75, 3.05) is 13.6 Å². The smallest absolute Gasteiger partial charge is 0.239 e. The first-order valence-corrected chi connectivity index (χ1v) is 6.20. The van der Waals surface area contributed by atoms with E-state index in [4.69, 9.17) is 4.42 Å². The van der Waals surface area contributed by atoms with Crippen molar-refractivity contribution in [3.05, 3.63) is 23.7 Å². The van der Waals surface area contributed by atoms with Crippen molar-refractivity contribution in [2.45, 2.75) is 38.8 Å². The van der Waals surface area contributed by atoms with Crippen molar-refractivity contribution in [2.24, 2.45) is 0 Å². The van der Waals surface area contributed by atoms with E-state index < -0.39 is 0 Å². The Balaban J connectivity index is 0.00000162. The topological polar surface area (TPSA) is 45.5 Å². The van der Waals surface area contributed by atoms with Crippen molar-refractivity contribution in [3.63, 3.8) is 0 Å². The zero-order valence-corrected chi connectivity index (χ0v) is 11.8. The number of piperidine rings is 1. The number of furan rings is 1. The van der Waals surface area contributed by atoms with E-state index in [9.17, 15) is 4.79 Å². The molecule has 0 radical (unpaired) electrons. The Hall–Kier alpha value is -1.00. The summed E-state index contributed by atoms with van der Waals surface area (Å²) in [5.41, 5.74) is 0. The fourth-order valence-corrected chi connectivity index (χ4v) is 2.21. The second-order valence-corrected chi connectivity index (χ2v) is 4.71. The lowest BCUT2D eigenvalue weighted by molar-refractivity contribution is -0.133. The van der Waals surface area contributed by atoms with Gasteiger partial charge >= 0.3 is 0 Å². The van der Waals surface area contributed by atoms with Gasteiger partial charge in [0, 0.05) is 7.05 Å². The molecule has 1 amide bonds. The van der Waals surface area contributed by atoms with E-state index in [-0.39, 0.29) is 24.4 Å². The van der Waals surface area contributed by atoms with Crippen LogP contribution in [0.2, 0.25) is 0 Å². The minimum Gasteiger partial charge on any atom is -0.464 e. The van der Waals surface area contributed by atoms with Gasteiger partial charge in [0.2, 0.25) is 5.91 Å². The molecule has 0 bridgehead atoms. The van der Waals surface area contributed by atoms with Gasteiger partial charge in [-0.3, -0.25) is 4.79 Å². The summed E-state index contributed by atoms with van der Waals surface area (Å²) in [6, 6.07) is 3.84. The summed E-state index contributed by atoms with van der Waals surface area (Å²) in [7, 11) is 1.83. The maximum absolute atomic E-state index is 12.1. The van der Waals surface area contributed by atoms with Gasteiger partial charge in [-0.25, -0.2) is 0 Å². The summed E-state index contributed by atoms with van der Waals surface area (Å²) in [6.07, 6.45) is 3.25. The molecule has 1 aliphatic rings. The van der Waals surface area contributed by atoms with Gasteiger partial charge in [0.1, 0.15) is 11.5 Å². The highest BCUT2D eigenvalue weighted by atomic mass is 35.5. The van der Waals surface area contributed by atoms with Crippen LogP contribution in [0.3, 0.4) is 0 Å². The molecule has 1 aromatic rings. The normalized spacial score (nSPS) is 19.1. The van der Waals surface area contributed by atoms with E-state index in [1.807, 2.05) is 26.1 Å². The van der Waals surface area contributed by atoms with Gasteiger partial charge in [-0.05, 0) is 38.4 Å². The lowest BCUT2D eigenvalue weighted by Crippen LogP contribution is -2.46. The first-order valence-electron chi connectivity index (χ1n) is 6.20. The number of carbonyl (C=O) groups is 1. The Morgan fingerprint density at radius 3 is 2.83 bits per heavy atom. The molecular weight excluding hydrogens is 252 g/mol. The maximum atomic E-state index is 12.1. The molecule has 1 fully saturated rings. The summed E-state index contributed by atoms with van der Waals surface area (Å²) < 4.78 is 5.48. The van der Waals surface area contributed by atoms with E-state index in [1.165, 1.54) is 6.42 Å². The van der Waals surface area contributed by atoms with Crippen LogP contribution in [0.15, 0.2) is 16.5 Å². The van der Waals surface area contributed by atoms with Gasteiger partial charge in [-0.2, -0.15) is 0 Å². The number of nitrogens with one attached hydrogen (secondary N) is 1. The van der Waals surface area contributed by atoms with Crippen LogP contribution in [0.5, 0.6) is 0 Å². The molecule has 0 unspecified atom stereocenters. The number of hydrogen-bond donors (Lipinski definition) is 1. The quantitative estimate of drug-likeness (QED) is 0.917. The van der Waals surface area contributed by atoms with Crippen molar-refractivity contribution in [1.82, 2.24) is 10.2 Å². The third-order valence-electron chi connectivity index (χ3n) is 3.17. The molecule has 102 valence electrons. The zero-order valence-electron chi connectivity index (χ0n) is 10.9. The zero-order chi connectivity index (χ0) is 12.3. The number of likely N-dealkylation sites (N-methyl/N-ethyl adjacent to an activating group) is 1. The molecule has 1 saturated heterocycles. The van der Waals surface area contributed by atoms with Crippen molar-refractivity contribution < 1.29 is 9.21 Å². The number of nitrogens with zero attached hydrogens (tertiary/aromatic N) is 1. The summed E-state index contributed by atoms with van der Waals surface area (Å²) in [5.74, 6) is 1.89. The average molecular weight is 273 g/mol. The number of aryl methyl sites for hydroxylation is 1. The van der Waals surface area contributed by atoms with Gasteiger partial charge in [0.05, 0.1) is 12.6 Å². The molecule has 1 aliphatic heterocycles. The second kappa shape index (κ2) is 6.81. The fourth-order valence-electron chi connectivity index (χ4n) is 2.21. The van der Waals surface area contributed by atoms with Crippen LogP contribution in [0.4, 0.5) is 0 Å². The van der Waals surface area contributed by atoms with E-state index >= 15 is 0 Å². The van der Waals surface area contributed by atoms with Crippen LogP contribution in [0, 0.1) is 6.92 Å². The minimum absolute atomic E-state index is 0. The van der Waals surface area contributed by atoms with E-state index in [0.29, 0.717) is 6.54 Å². The summed E-state index contributed by atoms with van der Waals surface area (Å²) in [4.78, 5) is 13.9. The lowest BCUT2D eigenvalue weighted by Gasteiger charge is -2.26. The van der Waals surface area contributed by atoms with Crippen LogP contribution < -0.4 is 5.32 Å². The molecule has 1 atom stereocenters. The molecular formula is C13H21ClN2O2. The van der Waals surface area contributed by atoms with E-state index in [1.54, 1.807) is 4.90 Å². The molecule has 0 aromatic carbocycles. The van der Waals surface area contributed by atoms with Gasteiger partial charge in [-0.15, -0.1) is 12.4 Å². The fraction of sp³-hybridized carbons (Fsp3) is 0.615. The van der Waals surface area contributed by atoms with Gasteiger partial charge < -0.3 is 14.6 Å². The maximum Gasteiger partial charge on any atom is 0.239 e. The van der Waals surface area contributed by atoms with Crippen LogP contribution >= 0.6 is 12.4 Å². The van der Waals surface area contributed by atoms with Crippen molar-refractivity contribution in [3.8, 4) is 0 Å². The molecule has 1 N–H and O–H groups in total. The average Bonchev–Trinajstić information content (AvgIpc) is 2.75. The number of amides is 1. The molecule has 0 spiro atoms. The molecule has 0 saturated carbocycles. The minimum atomic E-state index is -0.00944. The highest BCUT2D eigenvalue weighted by Crippen LogP contribution is 2.12. The standard InChI is InChI=1S/C13H20N2O2.ClH/c1-10-6-7-11(17-10)9-15(2)13(16)12-5-3-4-8-14-12;/h6-7,12,14H,3-5,8-9H2,1-2H3;1H/t12-;/m0./s1. The largest absolute Gasteiger partial charge is 0.464 e. The summed E-state index contributed by atoms with van der Waals surface area (Å²) in [5, 5.41) is 3.27. The third kappa shape index (κ3) is 3.75. The second-order valence-electron chi connectivity index (χ2n) is 4.71. The predicted molar refractivity (Wildman–Crippen MR) is 72.8 cm³/mol.